The molecule has 0 N–H and O–H groups in total. The van der Waals surface area contributed by atoms with Crippen LogP contribution in [0, 0.1) is 5.92 Å². The third-order valence-electron chi connectivity index (χ3n) is 3.16. The number of hydrogen-bond donors (Lipinski definition) is 1. The van der Waals surface area contributed by atoms with Crippen LogP contribution in [0.2, 0.25) is 0 Å². The summed E-state index contributed by atoms with van der Waals surface area (Å²) in [4.78, 5) is 2.51. The van der Waals surface area contributed by atoms with Gasteiger partial charge in [0.2, 0.25) is 0 Å². The molecule has 0 aliphatic carbocycles. The first-order valence-electron chi connectivity index (χ1n) is 5.96. The zero-order chi connectivity index (χ0) is 11.0. The molecule has 0 aromatic heterocycles. The zero-order valence-corrected chi connectivity index (χ0v) is 11.2. The quantitative estimate of drug-likeness (QED) is 0.610. The van der Waals surface area contributed by atoms with Crippen molar-refractivity contribution in [3.05, 3.63) is 0 Å². The Labute approximate surface area is 95.7 Å². The van der Waals surface area contributed by atoms with Crippen molar-refractivity contribution in [2.24, 2.45) is 5.92 Å². The van der Waals surface area contributed by atoms with Crippen LogP contribution in [0.3, 0.4) is 0 Å². The summed E-state index contributed by atoms with van der Waals surface area (Å²) in [6, 6.07) is 0.776. The number of nitrogens with zero attached hydrogens (tertiary/aromatic N) is 1. The van der Waals surface area contributed by atoms with Gasteiger partial charge in [-0.05, 0) is 50.9 Å². The monoisotopic (exact) mass is 217 g/mol. The standard InChI is InChI=1S/C12H27NS/c1-5-12(6-2)13(4)9-7-11(3)8-10-14/h11-12,14H,5-10H2,1-4H3. The molecule has 0 spiro atoms. The fourth-order valence-corrected chi connectivity index (χ4v) is 2.32. The average Bonchev–Trinajstić information content (AvgIpc) is 2.17. The average molecular weight is 217 g/mol. The van der Waals surface area contributed by atoms with Gasteiger partial charge in [-0.3, -0.25) is 0 Å². The molecule has 0 aromatic rings. The molecule has 86 valence electrons. The van der Waals surface area contributed by atoms with Gasteiger partial charge >= 0.3 is 0 Å². The van der Waals surface area contributed by atoms with Crippen molar-refractivity contribution in [1.82, 2.24) is 4.90 Å². The van der Waals surface area contributed by atoms with Gasteiger partial charge in [-0.1, -0.05) is 20.8 Å². The Morgan fingerprint density at radius 2 is 1.71 bits per heavy atom. The Hall–Kier alpha value is 0.310. The van der Waals surface area contributed by atoms with E-state index in [0.717, 1.165) is 17.7 Å². The summed E-state index contributed by atoms with van der Waals surface area (Å²) in [5.41, 5.74) is 0. The third-order valence-corrected chi connectivity index (χ3v) is 3.42. The molecule has 0 saturated heterocycles. The van der Waals surface area contributed by atoms with Crippen molar-refractivity contribution in [2.75, 3.05) is 19.3 Å². The zero-order valence-electron chi connectivity index (χ0n) is 10.3. The van der Waals surface area contributed by atoms with Crippen LogP contribution in [-0.4, -0.2) is 30.3 Å². The number of hydrogen-bond acceptors (Lipinski definition) is 2. The third kappa shape index (κ3) is 5.92. The van der Waals surface area contributed by atoms with Gasteiger partial charge in [-0.15, -0.1) is 0 Å². The summed E-state index contributed by atoms with van der Waals surface area (Å²) >= 11 is 4.27. The van der Waals surface area contributed by atoms with Crippen LogP contribution in [-0.2, 0) is 0 Å². The summed E-state index contributed by atoms with van der Waals surface area (Å²) in [5, 5.41) is 0. The second-order valence-electron chi connectivity index (χ2n) is 4.36. The molecule has 0 aliphatic rings. The van der Waals surface area contributed by atoms with Crippen LogP contribution >= 0.6 is 12.6 Å². The lowest BCUT2D eigenvalue weighted by molar-refractivity contribution is 0.215. The van der Waals surface area contributed by atoms with Crippen molar-refractivity contribution in [3.8, 4) is 0 Å². The van der Waals surface area contributed by atoms with E-state index in [-0.39, 0.29) is 0 Å². The molecule has 14 heavy (non-hydrogen) atoms. The largest absolute Gasteiger partial charge is 0.303 e. The van der Waals surface area contributed by atoms with E-state index < -0.39 is 0 Å². The Morgan fingerprint density at radius 3 is 2.14 bits per heavy atom. The van der Waals surface area contributed by atoms with E-state index in [2.05, 4.69) is 45.3 Å². The highest BCUT2D eigenvalue weighted by atomic mass is 32.1. The first-order chi connectivity index (χ1) is 6.65. The first kappa shape index (κ1) is 14.3. The molecule has 1 unspecified atom stereocenters. The van der Waals surface area contributed by atoms with Gasteiger partial charge in [0.1, 0.15) is 0 Å². The highest BCUT2D eigenvalue weighted by Gasteiger charge is 2.11. The normalized spacial score (nSPS) is 13.9. The summed E-state index contributed by atoms with van der Waals surface area (Å²) in [7, 11) is 2.26. The van der Waals surface area contributed by atoms with Crippen molar-refractivity contribution in [1.29, 1.82) is 0 Å². The van der Waals surface area contributed by atoms with E-state index in [4.69, 9.17) is 0 Å². The second-order valence-corrected chi connectivity index (χ2v) is 4.80. The van der Waals surface area contributed by atoms with Gasteiger partial charge in [0.05, 0.1) is 0 Å². The van der Waals surface area contributed by atoms with Crippen LogP contribution < -0.4 is 0 Å². The molecular formula is C12H27NS. The molecule has 0 heterocycles. The minimum absolute atomic E-state index is 0.776. The van der Waals surface area contributed by atoms with E-state index in [9.17, 15) is 0 Å². The van der Waals surface area contributed by atoms with Crippen LogP contribution in [0.4, 0.5) is 0 Å². The van der Waals surface area contributed by atoms with E-state index in [1.165, 1.54) is 32.2 Å². The Balaban J connectivity index is 3.65. The molecule has 1 nitrogen and oxygen atoms in total. The molecule has 0 radical (unpaired) electrons. The first-order valence-corrected chi connectivity index (χ1v) is 6.59. The van der Waals surface area contributed by atoms with Crippen molar-refractivity contribution in [2.45, 2.75) is 52.5 Å². The van der Waals surface area contributed by atoms with E-state index >= 15 is 0 Å². The van der Waals surface area contributed by atoms with Crippen LogP contribution in [0.15, 0.2) is 0 Å². The lowest BCUT2D eigenvalue weighted by Gasteiger charge is -2.27. The van der Waals surface area contributed by atoms with Gasteiger partial charge in [0, 0.05) is 6.04 Å². The number of rotatable bonds is 8. The lowest BCUT2D eigenvalue weighted by atomic mass is 10.0. The van der Waals surface area contributed by atoms with Gasteiger partial charge in [-0.2, -0.15) is 12.6 Å². The maximum atomic E-state index is 4.27. The van der Waals surface area contributed by atoms with Crippen molar-refractivity contribution < 1.29 is 0 Å². The highest BCUT2D eigenvalue weighted by molar-refractivity contribution is 7.80. The maximum absolute atomic E-state index is 4.27. The summed E-state index contributed by atoms with van der Waals surface area (Å²) in [6.45, 7) is 8.13. The number of thiol groups is 1. The molecule has 0 saturated carbocycles. The molecule has 0 amide bonds. The molecular weight excluding hydrogens is 190 g/mol. The topological polar surface area (TPSA) is 3.24 Å². The predicted molar refractivity (Wildman–Crippen MR) is 69.3 cm³/mol. The Bertz CT molecular complexity index is 123. The molecule has 2 heteroatoms. The Morgan fingerprint density at radius 1 is 1.14 bits per heavy atom. The molecule has 0 rings (SSSR count). The Kier molecular flexibility index (Phi) is 8.80. The SMILES string of the molecule is CCC(CC)N(C)CCC(C)CCS. The van der Waals surface area contributed by atoms with Crippen LogP contribution in [0.25, 0.3) is 0 Å². The molecule has 0 fully saturated rings. The molecule has 1 atom stereocenters. The van der Waals surface area contributed by atoms with Crippen LogP contribution in [0.1, 0.15) is 46.5 Å². The molecule has 0 aliphatic heterocycles. The lowest BCUT2D eigenvalue weighted by Crippen LogP contribution is -2.32. The minimum atomic E-state index is 0.776. The van der Waals surface area contributed by atoms with Gasteiger partial charge in [0.15, 0.2) is 0 Å². The minimum Gasteiger partial charge on any atom is -0.303 e. The van der Waals surface area contributed by atoms with Gasteiger partial charge < -0.3 is 4.90 Å². The van der Waals surface area contributed by atoms with Crippen molar-refractivity contribution >= 4 is 12.6 Å². The summed E-state index contributed by atoms with van der Waals surface area (Å²) < 4.78 is 0. The summed E-state index contributed by atoms with van der Waals surface area (Å²) in [5.74, 6) is 1.85. The predicted octanol–water partition coefficient (Wildman–Crippen LogP) is 3.45. The fraction of sp³-hybridized carbons (Fsp3) is 1.00. The molecule has 0 aromatic carbocycles. The van der Waals surface area contributed by atoms with E-state index in [0.29, 0.717) is 0 Å². The second kappa shape index (κ2) is 8.60. The highest BCUT2D eigenvalue weighted by Crippen LogP contribution is 2.12. The maximum Gasteiger partial charge on any atom is 0.00869 e. The molecule has 0 bridgehead atoms. The van der Waals surface area contributed by atoms with Gasteiger partial charge in [0.25, 0.3) is 0 Å². The van der Waals surface area contributed by atoms with Crippen LogP contribution in [0.5, 0.6) is 0 Å². The van der Waals surface area contributed by atoms with E-state index in [1.807, 2.05) is 0 Å². The van der Waals surface area contributed by atoms with Crippen molar-refractivity contribution in [3.63, 3.8) is 0 Å². The smallest absolute Gasteiger partial charge is 0.00869 e. The fourth-order valence-electron chi connectivity index (χ4n) is 1.88. The summed E-state index contributed by atoms with van der Waals surface area (Å²) in [6.07, 6.45) is 5.11. The van der Waals surface area contributed by atoms with E-state index in [1.54, 1.807) is 0 Å². The van der Waals surface area contributed by atoms with Gasteiger partial charge in [-0.25, -0.2) is 0 Å².